The zero-order valence-corrected chi connectivity index (χ0v) is 13.0. The van der Waals surface area contributed by atoms with Crippen molar-refractivity contribution in [3.05, 3.63) is 35.9 Å². The first kappa shape index (κ1) is 15.6. The molecule has 0 N–H and O–H groups in total. The van der Waals surface area contributed by atoms with Crippen LogP contribution in [-0.2, 0) is 4.79 Å². The van der Waals surface area contributed by atoms with Crippen LogP contribution in [0, 0.1) is 17.2 Å². The maximum Gasteiger partial charge on any atom is 0.230 e. The first-order chi connectivity index (χ1) is 10.2. The van der Waals surface area contributed by atoms with Gasteiger partial charge < -0.3 is 4.90 Å². The molecule has 2 rings (SSSR count). The Morgan fingerprint density at radius 1 is 1.38 bits per heavy atom. The lowest BCUT2D eigenvalue weighted by Crippen LogP contribution is -2.39. The van der Waals surface area contributed by atoms with E-state index in [1.165, 1.54) is 0 Å². The molecule has 0 aromatic heterocycles. The Kier molecular flexibility index (Phi) is 5.38. The summed E-state index contributed by atoms with van der Waals surface area (Å²) in [6, 6.07) is 12.6. The molecule has 1 saturated carbocycles. The molecule has 0 heterocycles. The Bertz CT molecular complexity index is 502. The van der Waals surface area contributed by atoms with Gasteiger partial charge in [-0.2, -0.15) is 5.26 Å². The Morgan fingerprint density at radius 2 is 2.05 bits per heavy atom. The molecule has 1 aliphatic rings. The molecular formula is C18H24N2O. The molecule has 1 aromatic rings. The fraction of sp³-hybridized carbons (Fsp3) is 0.556. The maximum atomic E-state index is 13.0. The third-order valence-electron chi connectivity index (χ3n) is 4.37. The number of rotatable bonds is 7. The molecule has 2 atom stereocenters. The summed E-state index contributed by atoms with van der Waals surface area (Å²) >= 11 is 0. The zero-order chi connectivity index (χ0) is 15.2. The molecule has 0 bridgehead atoms. The van der Waals surface area contributed by atoms with Gasteiger partial charge in [-0.15, -0.1) is 0 Å². The monoisotopic (exact) mass is 284 g/mol. The normalized spacial score (nSPS) is 16.8. The minimum Gasteiger partial charge on any atom is -0.338 e. The number of hydrogen-bond donors (Lipinski definition) is 0. The van der Waals surface area contributed by atoms with Crippen molar-refractivity contribution in [3.63, 3.8) is 0 Å². The van der Waals surface area contributed by atoms with E-state index in [-0.39, 0.29) is 11.8 Å². The van der Waals surface area contributed by atoms with Crippen molar-refractivity contribution >= 4 is 5.91 Å². The quantitative estimate of drug-likeness (QED) is 0.766. The molecule has 2 unspecified atom stereocenters. The fourth-order valence-electron chi connectivity index (χ4n) is 2.82. The van der Waals surface area contributed by atoms with E-state index in [4.69, 9.17) is 5.26 Å². The van der Waals surface area contributed by atoms with Crippen molar-refractivity contribution in [2.45, 2.75) is 51.5 Å². The Labute approximate surface area is 127 Å². The molecule has 0 spiro atoms. The van der Waals surface area contributed by atoms with Gasteiger partial charge in [0.05, 0.1) is 18.4 Å². The number of amides is 1. The minimum absolute atomic E-state index is 0.0875. The molecule has 1 fully saturated rings. The van der Waals surface area contributed by atoms with E-state index in [2.05, 4.69) is 19.9 Å². The molecular weight excluding hydrogens is 260 g/mol. The van der Waals surface area contributed by atoms with Crippen LogP contribution in [0.3, 0.4) is 0 Å². The minimum atomic E-state index is -0.0875. The fourth-order valence-corrected chi connectivity index (χ4v) is 2.82. The van der Waals surface area contributed by atoms with Gasteiger partial charge in [0.15, 0.2) is 0 Å². The van der Waals surface area contributed by atoms with E-state index in [1.54, 1.807) is 0 Å². The molecule has 0 radical (unpaired) electrons. The molecule has 0 saturated heterocycles. The zero-order valence-electron chi connectivity index (χ0n) is 13.0. The van der Waals surface area contributed by atoms with Crippen LogP contribution in [0.25, 0.3) is 0 Å². The van der Waals surface area contributed by atoms with E-state index in [0.717, 1.165) is 24.8 Å². The average molecular weight is 284 g/mol. The van der Waals surface area contributed by atoms with Crippen molar-refractivity contribution < 1.29 is 4.79 Å². The van der Waals surface area contributed by atoms with E-state index in [1.807, 2.05) is 35.2 Å². The van der Waals surface area contributed by atoms with E-state index >= 15 is 0 Å². The molecule has 21 heavy (non-hydrogen) atoms. The molecule has 0 aliphatic heterocycles. The SMILES string of the molecule is CCC(C)C(C(=O)N(CCC#N)C1CC1)c1ccccc1. The highest BCUT2D eigenvalue weighted by Crippen LogP contribution is 2.34. The summed E-state index contributed by atoms with van der Waals surface area (Å²) in [5.41, 5.74) is 1.10. The van der Waals surface area contributed by atoms with E-state index in [9.17, 15) is 4.79 Å². The first-order valence-electron chi connectivity index (χ1n) is 7.91. The van der Waals surface area contributed by atoms with Crippen molar-refractivity contribution in [2.75, 3.05) is 6.54 Å². The van der Waals surface area contributed by atoms with Crippen LogP contribution in [0.1, 0.15) is 51.0 Å². The summed E-state index contributed by atoms with van der Waals surface area (Å²) in [4.78, 5) is 15.0. The number of hydrogen-bond acceptors (Lipinski definition) is 2. The van der Waals surface area contributed by atoms with Gasteiger partial charge in [0, 0.05) is 12.6 Å². The number of carbonyl (C=O) groups excluding carboxylic acids is 1. The standard InChI is InChI=1S/C18H24N2O/c1-3-14(2)17(15-8-5-4-6-9-15)18(21)20(13-7-12-19)16-10-11-16/h4-6,8-9,14,16-17H,3,7,10-11,13H2,1-2H3. The van der Waals surface area contributed by atoms with Crippen LogP contribution in [0.5, 0.6) is 0 Å². The highest BCUT2D eigenvalue weighted by atomic mass is 16.2. The van der Waals surface area contributed by atoms with E-state index in [0.29, 0.717) is 24.9 Å². The summed E-state index contributed by atoms with van der Waals surface area (Å²) < 4.78 is 0. The van der Waals surface area contributed by atoms with Gasteiger partial charge in [0.25, 0.3) is 0 Å². The smallest absolute Gasteiger partial charge is 0.230 e. The predicted octanol–water partition coefficient (Wildman–Crippen LogP) is 3.72. The van der Waals surface area contributed by atoms with Crippen LogP contribution < -0.4 is 0 Å². The topological polar surface area (TPSA) is 44.1 Å². The van der Waals surface area contributed by atoms with Crippen molar-refractivity contribution in [1.82, 2.24) is 4.90 Å². The Hall–Kier alpha value is -1.82. The largest absolute Gasteiger partial charge is 0.338 e. The van der Waals surface area contributed by atoms with Crippen LogP contribution in [0.4, 0.5) is 0 Å². The lowest BCUT2D eigenvalue weighted by Gasteiger charge is -2.30. The van der Waals surface area contributed by atoms with Gasteiger partial charge in [0.1, 0.15) is 0 Å². The van der Waals surface area contributed by atoms with Gasteiger partial charge in [-0.05, 0) is 24.3 Å². The maximum absolute atomic E-state index is 13.0. The Morgan fingerprint density at radius 3 is 2.57 bits per heavy atom. The van der Waals surface area contributed by atoms with Crippen LogP contribution in [0.15, 0.2) is 30.3 Å². The number of benzene rings is 1. The molecule has 1 amide bonds. The van der Waals surface area contributed by atoms with Crippen LogP contribution in [-0.4, -0.2) is 23.4 Å². The molecule has 1 aliphatic carbocycles. The second kappa shape index (κ2) is 7.26. The average Bonchev–Trinajstić information content (AvgIpc) is 3.33. The second-order valence-electron chi connectivity index (χ2n) is 5.94. The third kappa shape index (κ3) is 3.85. The predicted molar refractivity (Wildman–Crippen MR) is 83.6 cm³/mol. The molecule has 3 heteroatoms. The van der Waals surface area contributed by atoms with Gasteiger partial charge >= 0.3 is 0 Å². The molecule has 1 aromatic carbocycles. The first-order valence-corrected chi connectivity index (χ1v) is 7.91. The summed E-state index contributed by atoms with van der Waals surface area (Å²) in [5.74, 6) is 0.423. The van der Waals surface area contributed by atoms with Gasteiger partial charge in [-0.25, -0.2) is 0 Å². The summed E-state index contributed by atoms with van der Waals surface area (Å²) in [6.45, 7) is 4.84. The van der Waals surface area contributed by atoms with Gasteiger partial charge in [-0.1, -0.05) is 50.6 Å². The van der Waals surface area contributed by atoms with Crippen LogP contribution in [0.2, 0.25) is 0 Å². The summed E-state index contributed by atoms with van der Waals surface area (Å²) in [6.07, 6.45) is 3.56. The van der Waals surface area contributed by atoms with Crippen molar-refractivity contribution in [1.29, 1.82) is 5.26 Å². The van der Waals surface area contributed by atoms with Gasteiger partial charge in [0.2, 0.25) is 5.91 Å². The highest BCUT2D eigenvalue weighted by Gasteiger charge is 2.37. The lowest BCUT2D eigenvalue weighted by molar-refractivity contribution is -0.134. The molecule has 3 nitrogen and oxygen atoms in total. The van der Waals surface area contributed by atoms with Crippen LogP contribution >= 0.6 is 0 Å². The molecule has 112 valence electrons. The Balaban J connectivity index is 2.22. The number of carbonyl (C=O) groups is 1. The lowest BCUT2D eigenvalue weighted by atomic mass is 9.84. The number of nitriles is 1. The summed E-state index contributed by atoms with van der Waals surface area (Å²) in [7, 11) is 0. The highest BCUT2D eigenvalue weighted by molar-refractivity contribution is 5.84. The van der Waals surface area contributed by atoms with Crippen molar-refractivity contribution in [3.8, 4) is 6.07 Å². The summed E-state index contributed by atoms with van der Waals surface area (Å²) in [5, 5.41) is 8.82. The van der Waals surface area contributed by atoms with Gasteiger partial charge in [-0.3, -0.25) is 4.79 Å². The second-order valence-corrected chi connectivity index (χ2v) is 5.94. The van der Waals surface area contributed by atoms with E-state index < -0.39 is 0 Å². The third-order valence-corrected chi connectivity index (χ3v) is 4.37. The van der Waals surface area contributed by atoms with Crippen molar-refractivity contribution in [2.24, 2.45) is 5.92 Å². The number of nitrogens with zero attached hydrogens (tertiary/aromatic N) is 2.